The Morgan fingerprint density at radius 3 is 1.36 bits per heavy atom. The van der Waals surface area contributed by atoms with Crippen LogP contribution in [0.15, 0.2) is 34.3 Å². The van der Waals surface area contributed by atoms with E-state index in [0.717, 1.165) is 36.8 Å². The van der Waals surface area contributed by atoms with Crippen LogP contribution in [-0.4, -0.2) is 48.9 Å². The zero-order valence-corrected chi connectivity index (χ0v) is 23.1. The van der Waals surface area contributed by atoms with E-state index in [2.05, 4.69) is 41.5 Å². The summed E-state index contributed by atoms with van der Waals surface area (Å²) in [4.78, 5) is 9.76. The third-order valence-corrected chi connectivity index (χ3v) is 6.82. The summed E-state index contributed by atoms with van der Waals surface area (Å²) in [6.45, 7) is 12.4. The van der Waals surface area contributed by atoms with Crippen LogP contribution in [0.3, 0.4) is 0 Å². The Kier molecular flexibility index (Phi) is 8.37. The maximum absolute atomic E-state index is 10.9. The number of ether oxygens (including phenoxy) is 2. The van der Waals surface area contributed by atoms with Crippen LogP contribution in [0.25, 0.3) is 0 Å². The minimum atomic E-state index is -0.233. The second-order valence-corrected chi connectivity index (χ2v) is 11.7. The lowest BCUT2D eigenvalue weighted by Crippen LogP contribution is -2.27. The molecule has 0 bridgehead atoms. The average molecular weight is 495 g/mol. The molecule has 3 rings (SSSR count). The molecule has 6 heteroatoms. The molecule has 2 aromatic rings. The lowest BCUT2D eigenvalue weighted by molar-refractivity contribution is 0.389. The molecule has 0 heterocycles. The van der Waals surface area contributed by atoms with Crippen LogP contribution in [0, 0.1) is 0 Å². The number of phenols is 2. The normalized spacial score (nSPS) is 19.2. The molecule has 1 aliphatic carbocycles. The Morgan fingerprint density at radius 2 is 1.06 bits per heavy atom. The Hall–Kier alpha value is -3.02. The summed E-state index contributed by atoms with van der Waals surface area (Å²) in [5.41, 5.74) is 2.47. The van der Waals surface area contributed by atoms with Gasteiger partial charge in [0.15, 0.2) is 0 Å². The molecule has 2 aromatic carbocycles. The topological polar surface area (TPSA) is 83.6 Å². The van der Waals surface area contributed by atoms with Crippen molar-refractivity contribution in [1.29, 1.82) is 0 Å². The van der Waals surface area contributed by atoms with E-state index in [-0.39, 0.29) is 34.4 Å². The lowest BCUT2D eigenvalue weighted by Gasteiger charge is -2.26. The Balaban J connectivity index is 1.92. The number of aliphatic imine (C=N–C) groups is 2. The monoisotopic (exact) mass is 494 g/mol. The highest BCUT2D eigenvalue weighted by Gasteiger charge is 2.26. The highest BCUT2D eigenvalue weighted by Crippen LogP contribution is 2.37. The van der Waals surface area contributed by atoms with Gasteiger partial charge in [-0.2, -0.15) is 0 Å². The quantitative estimate of drug-likeness (QED) is 0.446. The first-order chi connectivity index (χ1) is 16.8. The summed E-state index contributed by atoms with van der Waals surface area (Å²) in [6.07, 6.45) is 7.53. The molecule has 196 valence electrons. The van der Waals surface area contributed by atoms with Crippen LogP contribution in [0.1, 0.15) is 89.5 Å². The SMILES string of the molecule is COc1cc(/C=N\[C@@H]2CCCC[C@H]2/N=C\c2cc(OC)cc(C(C)(C)C)c2O)c(O)c(C(C)(C)C)c1. The van der Waals surface area contributed by atoms with Crippen molar-refractivity contribution >= 4 is 12.4 Å². The molecule has 0 saturated heterocycles. The number of hydrogen-bond acceptors (Lipinski definition) is 6. The first kappa shape index (κ1) is 27.6. The maximum atomic E-state index is 10.9. The van der Waals surface area contributed by atoms with Crippen LogP contribution in [-0.2, 0) is 10.8 Å². The summed E-state index contributed by atoms with van der Waals surface area (Å²) in [5, 5.41) is 21.9. The van der Waals surface area contributed by atoms with Crippen molar-refractivity contribution in [3.8, 4) is 23.0 Å². The van der Waals surface area contributed by atoms with Crippen molar-refractivity contribution in [3.05, 3.63) is 46.5 Å². The average Bonchev–Trinajstić information content (AvgIpc) is 2.81. The summed E-state index contributed by atoms with van der Waals surface area (Å²) >= 11 is 0. The predicted molar refractivity (Wildman–Crippen MR) is 148 cm³/mol. The number of aromatic hydroxyl groups is 2. The van der Waals surface area contributed by atoms with Crippen LogP contribution < -0.4 is 9.47 Å². The van der Waals surface area contributed by atoms with Gasteiger partial charge in [-0.1, -0.05) is 54.4 Å². The molecule has 0 aliphatic heterocycles. The van der Waals surface area contributed by atoms with Gasteiger partial charge in [-0.15, -0.1) is 0 Å². The zero-order chi connectivity index (χ0) is 26.7. The number of methoxy groups -OCH3 is 2. The smallest absolute Gasteiger partial charge is 0.128 e. The number of rotatable bonds is 6. The van der Waals surface area contributed by atoms with E-state index in [1.807, 2.05) is 24.3 Å². The number of benzene rings is 2. The fraction of sp³-hybridized carbons (Fsp3) is 0.533. The van der Waals surface area contributed by atoms with Gasteiger partial charge in [-0.25, -0.2) is 0 Å². The van der Waals surface area contributed by atoms with E-state index in [1.165, 1.54) is 0 Å². The number of nitrogens with zero attached hydrogens (tertiary/aromatic N) is 2. The molecule has 2 N–H and O–H groups in total. The van der Waals surface area contributed by atoms with Crippen molar-refractivity contribution in [2.24, 2.45) is 9.98 Å². The van der Waals surface area contributed by atoms with E-state index >= 15 is 0 Å². The third kappa shape index (κ3) is 6.40. The summed E-state index contributed by atoms with van der Waals surface area (Å²) in [5.74, 6) is 1.86. The van der Waals surface area contributed by atoms with E-state index in [0.29, 0.717) is 22.6 Å². The highest BCUT2D eigenvalue weighted by molar-refractivity contribution is 5.86. The predicted octanol–water partition coefficient (Wildman–Crippen LogP) is 6.56. The van der Waals surface area contributed by atoms with Gasteiger partial charge in [0.05, 0.1) is 26.3 Å². The van der Waals surface area contributed by atoms with E-state index in [4.69, 9.17) is 19.5 Å². The van der Waals surface area contributed by atoms with E-state index in [1.54, 1.807) is 26.6 Å². The van der Waals surface area contributed by atoms with Gasteiger partial charge in [-0.3, -0.25) is 9.98 Å². The van der Waals surface area contributed by atoms with Crippen molar-refractivity contribution in [1.82, 2.24) is 0 Å². The minimum Gasteiger partial charge on any atom is -0.507 e. The van der Waals surface area contributed by atoms with Crippen molar-refractivity contribution in [2.75, 3.05) is 14.2 Å². The molecule has 1 fully saturated rings. The standard InChI is InChI=1S/C30H42N2O4/c1-29(2,3)23-15-21(35-7)13-19(27(23)33)17-31-25-11-9-10-12-26(25)32-18-20-14-22(36-8)16-24(28(20)34)30(4,5)6/h13-18,25-26,33-34H,9-12H2,1-8H3/b31-17-,32-18-/t25-,26-/m1/s1. The van der Waals surface area contributed by atoms with Gasteiger partial charge in [0, 0.05) is 34.7 Å². The first-order valence-corrected chi connectivity index (χ1v) is 12.7. The Labute approximate surface area is 216 Å². The molecular weight excluding hydrogens is 452 g/mol. The van der Waals surface area contributed by atoms with Gasteiger partial charge in [0.25, 0.3) is 0 Å². The van der Waals surface area contributed by atoms with Gasteiger partial charge in [-0.05, 0) is 47.9 Å². The lowest BCUT2D eigenvalue weighted by atomic mass is 9.85. The number of phenolic OH excluding ortho intramolecular Hbond substituents is 2. The molecule has 0 spiro atoms. The molecule has 0 unspecified atom stereocenters. The molecule has 1 saturated carbocycles. The van der Waals surface area contributed by atoms with Gasteiger partial charge in [0.2, 0.25) is 0 Å². The highest BCUT2D eigenvalue weighted by atomic mass is 16.5. The van der Waals surface area contributed by atoms with Crippen molar-refractivity contribution < 1.29 is 19.7 Å². The van der Waals surface area contributed by atoms with Gasteiger partial charge < -0.3 is 19.7 Å². The molecule has 6 nitrogen and oxygen atoms in total. The van der Waals surface area contributed by atoms with Gasteiger partial charge in [0.1, 0.15) is 23.0 Å². The largest absolute Gasteiger partial charge is 0.507 e. The summed E-state index contributed by atoms with van der Waals surface area (Å²) in [7, 11) is 3.26. The third-order valence-electron chi connectivity index (χ3n) is 6.82. The first-order valence-electron chi connectivity index (χ1n) is 12.7. The zero-order valence-electron chi connectivity index (χ0n) is 23.1. The maximum Gasteiger partial charge on any atom is 0.128 e. The molecule has 0 radical (unpaired) electrons. The Morgan fingerprint density at radius 1 is 0.694 bits per heavy atom. The van der Waals surface area contributed by atoms with Crippen molar-refractivity contribution in [3.63, 3.8) is 0 Å². The van der Waals surface area contributed by atoms with Crippen LogP contribution in [0.5, 0.6) is 23.0 Å². The Bertz CT molecular complexity index is 1030. The molecule has 36 heavy (non-hydrogen) atoms. The molecular formula is C30H42N2O4. The fourth-order valence-corrected chi connectivity index (χ4v) is 4.63. The number of hydrogen-bond donors (Lipinski definition) is 2. The fourth-order valence-electron chi connectivity index (χ4n) is 4.63. The second-order valence-electron chi connectivity index (χ2n) is 11.7. The van der Waals surface area contributed by atoms with Crippen LogP contribution >= 0.6 is 0 Å². The van der Waals surface area contributed by atoms with Crippen LogP contribution in [0.4, 0.5) is 0 Å². The minimum absolute atomic E-state index is 0.00600. The van der Waals surface area contributed by atoms with Crippen molar-refractivity contribution in [2.45, 2.75) is 90.1 Å². The van der Waals surface area contributed by atoms with E-state index in [9.17, 15) is 10.2 Å². The summed E-state index contributed by atoms with van der Waals surface area (Å²) in [6, 6.07) is 7.39. The molecule has 0 amide bonds. The van der Waals surface area contributed by atoms with E-state index < -0.39 is 0 Å². The van der Waals surface area contributed by atoms with Crippen LogP contribution in [0.2, 0.25) is 0 Å². The molecule has 1 aliphatic rings. The molecule has 2 atom stereocenters. The second kappa shape index (κ2) is 10.9. The molecule has 0 aromatic heterocycles. The summed E-state index contributed by atoms with van der Waals surface area (Å²) < 4.78 is 11.0. The van der Waals surface area contributed by atoms with Gasteiger partial charge >= 0.3 is 0 Å².